The van der Waals surface area contributed by atoms with Crippen LogP contribution < -0.4 is 14.8 Å². The van der Waals surface area contributed by atoms with Gasteiger partial charge >= 0.3 is 5.97 Å². The van der Waals surface area contributed by atoms with Gasteiger partial charge in [0.05, 0.1) is 14.2 Å². The standard InChI is InChI=1S/C16H21NO5/c1-4-5-6-16(19)22-11-15(18)17-10-12-7-8-13(20-2)14(9-12)21-3/h5-9H,4,10-11H2,1-3H3,(H,17,18)/b6-5+. The molecule has 0 aliphatic carbocycles. The number of rotatable bonds is 8. The van der Waals surface area contributed by atoms with E-state index in [-0.39, 0.29) is 12.5 Å². The normalized spacial score (nSPS) is 10.3. The summed E-state index contributed by atoms with van der Waals surface area (Å²) in [5.41, 5.74) is 0.850. The van der Waals surface area contributed by atoms with Gasteiger partial charge in [-0.3, -0.25) is 4.79 Å². The van der Waals surface area contributed by atoms with Crippen LogP contribution >= 0.6 is 0 Å². The van der Waals surface area contributed by atoms with Crippen molar-refractivity contribution in [2.75, 3.05) is 20.8 Å². The Labute approximate surface area is 130 Å². The Morgan fingerprint density at radius 1 is 1.18 bits per heavy atom. The van der Waals surface area contributed by atoms with Crippen LogP contribution in [0.25, 0.3) is 0 Å². The van der Waals surface area contributed by atoms with E-state index < -0.39 is 5.97 Å². The van der Waals surface area contributed by atoms with Gasteiger partial charge in [-0.25, -0.2) is 4.79 Å². The maximum atomic E-state index is 11.6. The average molecular weight is 307 g/mol. The van der Waals surface area contributed by atoms with Crippen LogP contribution in [0.15, 0.2) is 30.4 Å². The zero-order chi connectivity index (χ0) is 16.4. The minimum atomic E-state index is -0.525. The average Bonchev–Trinajstić information content (AvgIpc) is 2.55. The molecule has 120 valence electrons. The number of nitrogens with one attached hydrogen (secondary N) is 1. The van der Waals surface area contributed by atoms with Crippen LogP contribution in [0.4, 0.5) is 0 Å². The predicted octanol–water partition coefficient (Wildman–Crippen LogP) is 1.83. The Bertz CT molecular complexity index is 539. The minimum absolute atomic E-state index is 0.305. The van der Waals surface area contributed by atoms with E-state index >= 15 is 0 Å². The first-order valence-electron chi connectivity index (χ1n) is 6.91. The van der Waals surface area contributed by atoms with Crippen molar-refractivity contribution < 1.29 is 23.8 Å². The first-order valence-corrected chi connectivity index (χ1v) is 6.91. The molecule has 1 aromatic rings. The summed E-state index contributed by atoms with van der Waals surface area (Å²) in [5, 5.41) is 2.66. The number of ether oxygens (including phenoxy) is 3. The molecule has 0 heterocycles. The maximum absolute atomic E-state index is 11.6. The minimum Gasteiger partial charge on any atom is -0.493 e. The number of hydrogen-bond acceptors (Lipinski definition) is 5. The first kappa shape index (κ1) is 17.6. The molecule has 22 heavy (non-hydrogen) atoms. The van der Waals surface area contributed by atoms with Gasteiger partial charge in [0, 0.05) is 12.6 Å². The van der Waals surface area contributed by atoms with Crippen LogP contribution in [0, 0.1) is 0 Å². The van der Waals surface area contributed by atoms with Gasteiger partial charge in [-0.1, -0.05) is 19.1 Å². The molecular formula is C16H21NO5. The fourth-order valence-electron chi connectivity index (χ4n) is 1.64. The molecule has 0 aromatic heterocycles. The van der Waals surface area contributed by atoms with Crippen molar-refractivity contribution in [3.05, 3.63) is 35.9 Å². The Hall–Kier alpha value is -2.50. The maximum Gasteiger partial charge on any atom is 0.330 e. The van der Waals surface area contributed by atoms with Gasteiger partial charge in [0.25, 0.3) is 5.91 Å². The Morgan fingerprint density at radius 2 is 1.91 bits per heavy atom. The van der Waals surface area contributed by atoms with Crippen LogP contribution in [-0.4, -0.2) is 32.7 Å². The van der Waals surface area contributed by atoms with Crippen LogP contribution in [0.1, 0.15) is 18.9 Å². The lowest BCUT2D eigenvalue weighted by molar-refractivity contribution is -0.143. The smallest absolute Gasteiger partial charge is 0.330 e. The fraction of sp³-hybridized carbons (Fsp3) is 0.375. The quantitative estimate of drug-likeness (QED) is 0.586. The number of carbonyl (C=O) groups excluding carboxylic acids is 2. The molecule has 0 spiro atoms. The molecule has 0 unspecified atom stereocenters. The summed E-state index contributed by atoms with van der Waals surface area (Å²) in [6.45, 7) is 1.90. The molecule has 1 N–H and O–H groups in total. The van der Waals surface area contributed by atoms with Crippen LogP contribution in [-0.2, 0) is 20.9 Å². The lowest BCUT2D eigenvalue weighted by Crippen LogP contribution is -2.28. The van der Waals surface area contributed by atoms with Crippen molar-refractivity contribution >= 4 is 11.9 Å². The van der Waals surface area contributed by atoms with E-state index in [2.05, 4.69) is 5.32 Å². The van der Waals surface area contributed by atoms with E-state index in [1.165, 1.54) is 6.08 Å². The van der Waals surface area contributed by atoms with Gasteiger partial charge in [0.2, 0.25) is 0 Å². The van der Waals surface area contributed by atoms with Gasteiger partial charge in [-0.15, -0.1) is 0 Å². The van der Waals surface area contributed by atoms with Crippen molar-refractivity contribution in [3.63, 3.8) is 0 Å². The largest absolute Gasteiger partial charge is 0.493 e. The SMILES string of the molecule is CC/C=C/C(=O)OCC(=O)NCc1ccc(OC)c(OC)c1. The third-order valence-corrected chi connectivity index (χ3v) is 2.77. The molecule has 0 bridgehead atoms. The summed E-state index contributed by atoms with van der Waals surface area (Å²) in [5.74, 6) is 0.316. The first-order chi connectivity index (χ1) is 10.6. The van der Waals surface area contributed by atoms with E-state index in [1.54, 1.807) is 32.4 Å². The van der Waals surface area contributed by atoms with Crippen LogP contribution in [0.3, 0.4) is 0 Å². The number of hydrogen-bond donors (Lipinski definition) is 1. The van der Waals surface area contributed by atoms with E-state index in [0.29, 0.717) is 18.0 Å². The number of esters is 1. The molecule has 1 rings (SSSR count). The molecule has 0 aliphatic heterocycles. The third kappa shape index (κ3) is 5.87. The number of allylic oxidation sites excluding steroid dienone is 1. The molecule has 6 heteroatoms. The monoisotopic (exact) mass is 307 g/mol. The number of carbonyl (C=O) groups is 2. The zero-order valence-electron chi connectivity index (χ0n) is 13.0. The summed E-state index contributed by atoms with van der Waals surface area (Å²) in [4.78, 5) is 22.8. The Morgan fingerprint density at radius 3 is 2.55 bits per heavy atom. The van der Waals surface area contributed by atoms with Crippen molar-refractivity contribution in [1.82, 2.24) is 5.32 Å². The number of amides is 1. The van der Waals surface area contributed by atoms with E-state index in [4.69, 9.17) is 14.2 Å². The summed E-state index contributed by atoms with van der Waals surface area (Å²) in [6.07, 6.45) is 3.71. The second-order valence-corrected chi connectivity index (χ2v) is 4.38. The highest BCUT2D eigenvalue weighted by Gasteiger charge is 2.07. The van der Waals surface area contributed by atoms with Crippen LogP contribution in [0.2, 0.25) is 0 Å². The number of methoxy groups -OCH3 is 2. The van der Waals surface area contributed by atoms with Crippen LogP contribution in [0.5, 0.6) is 11.5 Å². The molecule has 0 radical (unpaired) electrons. The van der Waals surface area contributed by atoms with Gasteiger partial charge in [-0.05, 0) is 24.1 Å². The molecular weight excluding hydrogens is 286 g/mol. The summed E-state index contributed by atoms with van der Waals surface area (Å²) in [7, 11) is 3.10. The number of benzene rings is 1. The van der Waals surface area contributed by atoms with Gasteiger partial charge in [0.1, 0.15) is 0 Å². The molecule has 0 atom stereocenters. The fourth-order valence-corrected chi connectivity index (χ4v) is 1.64. The van der Waals surface area contributed by atoms with Crippen molar-refractivity contribution in [2.45, 2.75) is 19.9 Å². The van der Waals surface area contributed by atoms with Gasteiger partial charge in [-0.2, -0.15) is 0 Å². The van der Waals surface area contributed by atoms with Crippen molar-refractivity contribution in [1.29, 1.82) is 0 Å². The third-order valence-electron chi connectivity index (χ3n) is 2.77. The molecule has 0 fully saturated rings. The second-order valence-electron chi connectivity index (χ2n) is 4.38. The molecule has 0 saturated heterocycles. The lowest BCUT2D eigenvalue weighted by atomic mass is 10.2. The lowest BCUT2D eigenvalue weighted by Gasteiger charge is -2.10. The van der Waals surface area contributed by atoms with E-state index in [0.717, 1.165) is 12.0 Å². The van der Waals surface area contributed by atoms with E-state index in [9.17, 15) is 9.59 Å². The molecule has 0 aliphatic rings. The van der Waals surface area contributed by atoms with E-state index in [1.807, 2.05) is 13.0 Å². The molecule has 6 nitrogen and oxygen atoms in total. The van der Waals surface area contributed by atoms with Crippen molar-refractivity contribution in [3.8, 4) is 11.5 Å². The zero-order valence-corrected chi connectivity index (χ0v) is 13.0. The Balaban J connectivity index is 2.44. The van der Waals surface area contributed by atoms with Gasteiger partial charge < -0.3 is 19.5 Å². The van der Waals surface area contributed by atoms with Gasteiger partial charge in [0.15, 0.2) is 18.1 Å². The highest BCUT2D eigenvalue weighted by atomic mass is 16.5. The predicted molar refractivity (Wildman–Crippen MR) is 81.8 cm³/mol. The highest BCUT2D eigenvalue weighted by Crippen LogP contribution is 2.27. The molecule has 1 aromatic carbocycles. The second kappa shape index (κ2) is 9.44. The Kier molecular flexibility index (Phi) is 7.53. The summed E-state index contributed by atoms with van der Waals surface area (Å²) in [6, 6.07) is 5.35. The highest BCUT2D eigenvalue weighted by molar-refractivity contribution is 5.85. The summed E-state index contributed by atoms with van der Waals surface area (Å²) < 4.78 is 15.1. The van der Waals surface area contributed by atoms with Crippen molar-refractivity contribution in [2.24, 2.45) is 0 Å². The molecule has 0 saturated carbocycles. The molecule has 1 amide bonds. The summed E-state index contributed by atoms with van der Waals surface area (Å²) >= 11 is 0. The topological polar surface area (TPSA) is 73.9 Å².